The quantitative estimate of drug-likeness (QED) is 0.899. The van der Waals surface area contributed by atoms with Gasteiger partial charge in [-0.15, -0.1) is 0 Å². The molecule has 2 nitrogen and oxygen atoms in total. The normalized spacial score (nSPS) is 10.4. The first-order valence-electron chi connectivity index (χ1n) is 5.21. The molecule has 0 radical (unpaired) electrons. The van der Waals surface area contributed by atoms with Crippen molar-refractivity contribution in [3.8, 4) is 11.5 Å². The van der Waals surface area contributed by atoms with Crippen molar-refractivity contribution < 1.29 is 9.13 Å². The van der Waals surface area contributed by atoms with Gasteiger partial charge in [0.15, 0.2) is 11.6 Å². The van der Waals surface area contributed by atoms with E-state index >= 15 is 0 Å². The van der Waals surface area contributed by atoms with Crippen LogP contribution in [-0.4, -0.2) is 0 Å². The summed E-state index contributed by atoms with van der Waals surface area (Å²) in [5, 5.41) is 0.417. The second-order valence-electron chi connectivity index (χ2n) is 3.65. The molecule has 0 aliphatic rings. The van der Waals surface area contributed by atoms with Crippen LogP contribution in [0.5, 0.6) is 11.5 Å². The zero-order valence-electron chi connectivity index (χ0n) is 9.29. The van der Waals surface area contributed by atoms with E-state index in [0.29, 0.717) is 16.3 Å². The minimum absolute atomic E-state index is 0.118. The number of ether oxygens (including phenoxy) is 1. The van der Waals surface area contributed by atoms with Crippen LogP contribution >= 0.6 is 27.5 Å². The van der Waals surface area contributed by atoms with Crippen LogP contribution in [0.25, 0.3) is 0 Å². The number of rotatable bonds is 3. The first kappa shape index (κ1) is 13.3. The molecule has 2 N–H and O–H groups in total. The predicted molar refractivity (Wildman–Crippen MR) is 73.5 cm³/mol. The third-order valence-electron chi connectivity index (χ3n) is 2.35. The van der Waals surface area contributed by atoms with E-state index < -0.39 is 5.82 Å². The summed E-state index contributed by atoms with van der Waals surface area (Å²) >= 11 is 9.27. The van der Waals surface area contributed by atoms with E-state index in [-0.39, 0.29) is 12.3 Å². The summed E-state index contributed by atoms with van der Waals surface area (Å²) in [6.07, 6.45) is 0. The molecule has 0 saturated heterocycles. The topological polar surface area (TPSA) is 35.2 Å². The largest absolute Gasteiger partial charge is 0.453 e. The molecule has 0 aliphatic heterocycles. The van der Waals surface area contributed by atoms with Crippen molar-refractivity contribution in [1.82, 2.24) is 0 Å². The highest BCUT2D eigenvalue weighted by atomic mass is 79.9. The lowest BCUT2D eigenvalue weighted by Gasteiger charge is -2.09. The maximum Gasteiger partial charge on any atom is 0.166 e. The summed E-state index contributed by atoms with van der Waals surface area (Å²) in [5.74, 6) is 0.0478. The molecule has 0 unspecified atom stereocenters. The van der Waals surface area contributed by atoms with Crippen LogP contribution in [0.15, 0.2) is 40.9 Å². The molecule has 2 aromatic carbocycles. The van der Waals surface area contributed by atoms with Gasteiger partial charge in [0.1, 0.15) is 5.75 Å². The molecule has 0 fully saturated rings. The zero-order valence-corrected chi connectivity index (χ0v) is 11.6. The van der Waals surface area contributed by atoms with E-state index in [9.17, 15) is 4.39 Å². The zero-order chi connectivity index (χ0) is 13.1. The fourth-order valence-electron chi connectivity index (χ4n) is 1.43. The Labute approximate surface area is 118 Å². The van der Waals surface area contributed by atoms with Crippen molar-refractivity contribution in [2.24, 2.45) is 5.73 Å². The van der Waals surface area contributed by atoms with Gasteiger partial charge >= 0.3 is 0 Å². The SMILES string of the molecule is NCc1ccc(Oc2cc(Br)ccc2Cl)c(F)c1. The van der Waals surface area contributed by atoms with Gasteiger partial charge in [-0.05, 0) is 35.9 Å². The van der Waals surface area contributed by atoms with E-state index in [0.717, 1.165) is 4.47 Å². The third-order valence-corrected chi connectivity index (χ3v) is 3.15. The van der Waals surface area contributed by atoms with Gasteiger partial charge in [0.2, 0.25) is 0 Å². The Morgan fingerprint density at radius 1 is 1.17 bits per heavy atom. The predicted octanol–water partition coefficient (Wildman–Crippen LogP) is 4.49. The van der Waals surface area contributed by atoms with Crippen molar-refractivity contribution in [3.63, 3.8) is 0 Å². The average Bonchev–Trinajstić information content (AvgIpc) is 2.36. The summed E-state index contributed by atoms with van der Waals surface area (Å²) in [6, 6.07) is 9.73. The molecular weight excluding hydrogens is 321 g/mol. The second-order valence-corrected chi connectivity index (χ2v) is 4.97. The van der Waals surface area contributed by atoms with E-state index in [4.69, 9.17) is 22.1 Å². The first-order valence-corrected chi connectivity index (χ1v) is 6.38. The first-order chi connectivity index (χ1) is 8.60. The monoisotopic (exact) mass is 329 g/mol. The number of nitrogens with two attached hydrogens (primary N) is 1. The Kier molecular flexibility index (Phi) is 4.22. The number of hydrogen-bond acceptors (Lipinski definition) is 2. The van der Waals surface area contributed by atoms with E-state index in [1.54, 1.807) is 24.3 Å². The van der Waals surface area contributed by atoms with Gasteiger partial charge in [-0.2, -0.15) is 0 Å². The van der Waals surface area contributed by atoms with Crippen molar-refractivity contribution in [2.75, 3.05) is 0 Å². The smallest absolute Gasteiger partial charge is 0.166 e. The third kappa shape index (κ3) is 3.02. The molecular formula is C13H10BrClFNO. The van der Waals surface area contributed by atoms with Gasteiger partial charge in [0.05, 0.1) is 5.02 Å². The van der Waals surface area contributed by atoms with Crippen LogP contribution in [0.1, 0.15) is 5.56 Å². The van der Waals surface area contributed by atoms with Gasteiger partial charge in [-0.1, -0.05) is 33.6 Å². The lowest BCUT2D eigenvalue weighted by molar-refractivity contribution is 0.441. The highest BCUT2D eigenvalue weighted by Crippen LogP contribution is 2.33. The number of hydrogen-bond donors (Lipinski definition) is 1. The molecule has 5 heteroatoms. The summed E-state index contributed by atoms with van der Waals surface area (Å²) in [5.41, 5.74) is 6.14. The highest BCUT2D eigenvalue weighted by Gasteiger charge is 2.08. The van der Waals surface area contributed by atoms with Crippen LogP contribution in [0, 0.1) is 5.82 Å². The molecule has 0 atom stereocenters. The van der Waals surface area contributed by atoms with Gasteiger partial charge in [0, 0.05) is 11.0 Å². The molecule has 0 aliphatic carbocycles. The molecule has 2 rings (SSSR count). The summed E-state index contributed by atoms with van der Waals surface area (Å²) in [7, 11) is 0. The average molecular weight is 331 g/mol. The summed E-state index contributed by atoms with van der Waals surface area (Å²) in [6.45, 7) is 0.287. The summed E-state index contributed by atoms with van der Waals surface area (Å²) < 4.78 is 20.0. The lowest BCUT2D eigenvalue weighted by Crippen LogP contribution is -1.97. The standard InChI is InChI=1S/C13H10BrClFNO/c14-9-2-3-10(15)13(6-9)18-12-4-1-8(7-17)5-11(12)16/h1-6H,7,17H2. The van der Waals surface area contributed by atoms with E-state index in [1.165, 1.54) is 12.1 Å². The van der Waals surface area contributed by atoms with Crippen LogP contribution in [0.3, 0.4) is 0 Å². The molecule has 0 heterocycles. The Balaban J connectivity index is 2.31. The number of halogens is 3. The van der Waals surface area contributed by atoms with Crippen LogP contribution in [0.4, 0.5) is 4.39 Å². The molecule has 94 valence electrons. The van der Waals surface area contributed by atoms with Crippen molar-refractivity contribution in [3.05, 3.63) is 57.3 Å². The van der Waals surface area contributed by atoms with Crippen molar-refractivity contribution >= 4 is 27.5 Å². The molecule has 0 amide bonds. The lowest BCUT2D eigenvalue weighted by atomic mass is 10.2. The minimum Gasteiger partial charge on any atom is -0.453 e. The van der Waals surface area contributed by atoms with Crippen molar-refractivity contribution in [1.29, 1.82) is 0 Å². The second kappa shape index (κ2) is 5.69. The van der Waals surface area contributed by atoms with Crippen LogP contribution < -0.4 is 10.5 Å². The van der Waals surface area contributed by atoms with E-state index in [1.807, 2.05) is 0 Å². The molecule has 2 aromatic rings. The van der Waals surface area contributed by atoms with Gasteiger partial charge < -0.3 is 10.5 Å². The summed E-state index contributed by atoms with van der Waals surface area (Å²) in [4.78, 5) is 0. The molecule has 0 bridgehead atoms. The Morgan fingerprint density at radius 2 is 1.94 bits per heavy atom. The van der Waals surface area contributed by atoms with E-state index in [2.05, 4.69) is 15.9 Å². The van der Waals surface area contributed by atoms with Crippen molar-refractivity contribution in [2.45, 2.75) is 6.54 Å². The Hall–Kier alpha value is -1.10. The molecule has 0 spiro atoms. The van der Waals surface area contributed by atoms with Gasteiger partial charge in [-0.25, -0.2) is 4.39 Å². The highest BCUT2D eigenvalue weighted by molar-refractivity contribution is 9.10. The fraction of sp³-hybridized carbons (Fsp3) is 0.0769. The maximum atomic E-state index is 13.7. The Bertz CT molecular complexity index is 577. The molecule has 0 aromatic heterocycles. The van der Waals surface area contributed by atoms with Gasteiger partial charge in [-0.3, -0.25) is 0 Å². The maximum absolute atomic E-state index is 13.7. The molecule has 0 saturated carbocycles. The Morgan fingerprint density at radius 3 is 2.61 bits per heavy atom. The van der Waals surface area contributed by atoms with Crippen LogP contribution in [0.2, 0.25) is 5.02 Å². The fourth-order valence-corrected chi connectivity index (χ4v) is 1.92. The molecule has 18 heavy (non-hydrogen) atoms. The van der Waals surface area contributed by atoms with Crippen LogP contribution in [-0.2, 0) is 6.54 Å². The van der Waals surface area contributed by atoms with Gasteiger partial charge in [0.25, 0.3) is 0 Å². The number of benzene rings is 2. The minimum atomic E-state index is -0.464.